The van der Waals surface area contributed by atoms with Crippen LogP contribution in [0.2, 0.25) is 0 Å². The van der Waals surface area contributed by atoms with Gasteiger partial charge in [0.25, 0.3) is 0 Å². The smallest absolute Gasteiger partial charge is 0.167 e. The van der Waals surface area contributed by atoms with Crippen molar-refractivity contribution in [2.45, 2.75) is 83.5 Å². The van der Waals surface area contributed by atoms with Crippen molar-refractivity contribution in [3.63, 3.8) is 0 Å². The summed E-state index contributed by atoms with van der Waals surface area (Å²) in [5.74, 6) is 0.516. The summed E-state index contributed by atoms with van der Waals surface area (Å²) in [7, 11) is 4.19. The SMILES string of the molecule is C=C(C)/C(=C/C=C1/C(CCC)c2ccccc2C1(C)C)C(=O)Cc1ccc(SNCCCN(C)C)cc1.CC.O. The zero-order valence-electron chi connectivity index (χ0n) is 26.1. The first kappa shape index (κ1) is 35.6. The number of carbonyl (C=O) groups excluding carboxylic acids is 1. The maximum atomic E-state index is 13.3. The van der Waals surface area contributed by atoms with E-state index in [1.807, 2.05) is 26.8 Å². The number of benzene rings is 2. The number of hydrogen-bond donors (Lipinski definition) is 1. The van der Waals surface area contributed by atoms with Crippen LogP contribution in [0.25, 0.3) is 0 Å². The first-order valence-corrected chi connectivity index (χ1v) is 15.3. The van der Waals surface area contributed by atoms with Gasteiger partial charge in [-0.05, 0) is 86.7 Å². The third-order valence-electron chi connectivity index (χ3n) is 7.24. The van der Waals surface area contributed by atoms with E-state index in [1.165, 1.54) is 16.7 Å². The summed E-state index contributed by atoms with van der Waals surface area (Å²) in [5, 5.41) is 0. The maximum absolute atomic E-state index is 13.3. The van der Waals surface area contributed by atoms with Gasteiger partial charge < -0.3 is 10.4 Å². The Bertz CT molecular complexity index is 1150. The van der Waals surface area contributed by atoms with Crippen molar-refractivity contribution in [3.05, 3.63) is 101 Å². The summed E-state index contributed by atoms with van der Waals surface area (Å²) < 4.78 is 3.42. The van der Waals surface area contributed by atoms with Gasteiger partial charge in [0.2, 0.25) is 0 Å². The highest BCUT2D eigenvalue weighted by atomic mass is 32.2. The summed E-state index contributed by atoms with van der Waals surface area (Å²) >= 11 is 1.65. The summed E-state index contributed by atoms with van der Waals surface area (Å²) in [6, 6.07) is 17.1. The molecule has 0 saturated carbocycles. The van der Waals surface area contributed by atoms with Gasteiger partial charge in [-0.25, -0.2) is 0 Å². The van der Waals surface area contributed by atoms with Gasteiger partial charge >= 0.3 is 0 Å². The molecule has 1 aliphatic rings. The number of carbonyl (C=O) groups is 1. The minimum Gasteiger partial charge on any atom is -0.412 e. The van der Waals surface area contributed by atoms with Crippen LogP contribution in [0.3, 0.4) is 0 Å². The average molecular weight is 565 g/mol. The lowest BCUT2D eigenvalue weighted by atomic mass is 9.79. The van der Waals surface area contributed by atoms with Crippen LogP contribution in [0, 0.1) is 0 Å². The van der Waals surface area contributed by atoms with E-state index in [0.29, 0.717) is 12.3 Å². The molecule has 0 saturated heterocycles. The van der Waals surface area contributed by atoms with Gasteiger partial charge in [0.1, 0.15) is 0 Å². The number of Topliss-reactive ketones (excluding diaryl/α,β-unsaturated/α-hetero) is 1. The third kappa shape index (κ3) is 9.59. The first-order valence-electron chi connectivity index (χ1n) is 14.5. The highest BCUT2D eigenvalue weighted by molar-refractivity contribution is 7.97. The Morgan fingerprint density at radius 2 is 1.75 bits per heavy atom. The van der Waals surface area contributed by atoms with Crippen molar-refractivity contribution in [2.24, 2.45) is 0 Å². The summed E-state index contributed by atoms with van der Waals surface area (Å²) in [6.45, 7) is 19.0. The van der Waals surface area contributed by atoms with Crippen LogP contribution in [-0.2, 0) is 16.6 Å². The molecule has 40 heavy (non-hydrogen) atoms. The Kier molecular flexibility index (Phi) is 15.5. The zero-order chi connectivity index (χ0) is 29.0. The number of hydrogen-bond acceptors (Lipinski definition) is 4. The Balaban J connectivity index is 0.00000261. The fourth-order valence-corrected chi connectivity index (χ4v) is 5.94. The number of allylic oxidation sites excluding steroid dienone is 5. The van der Waals surface area contributed by atoms with Crippen LogP contribution in [0.15, 0.2) is 88.9 Å². The molecule has 0 spiro atoms. The Morgan fingerprint density at radius 1 is 1.10 bits per heavy atom. The highest BCUT2D eigenvalue weighted by Gasteiger charge is 2.40. The van der Waals surface area contributed by atoms with E-state index in [4.69, 9.17) is 0 Å². The molecule has 5 heteroatoms. The quantitative estimate of drug-likeness (QED) is 0.116. The van der Waals surface area contributed by atoms with Crippen molar-refractivity contribution in [2.75, 3.05) is 27.2 Å². The van der Waals surface area contributed by atoms with Crippen molar-refractivity contribution in [1.82, 2.24) is 9.62 Å². The molecule has 0 heterocycles. The predicted molar refractivity (Wildman–Crippen MR) is 175 cm³/mol. The van der Waals surface area contributed by atoms with E-state index < -0.39 is 0 Å². The van der Waals surface area contributed by atoms with Crippen LogP contribution < -0.4 is 4.72 Å². The molecule has 1 atom stereocenters. The van der Waals surface area contributed by atoms with Gasteiger partial charge in [-0.15, -0.1) is 0 Å². The van der Waals surface area contributed by atoms with Crippen molar-refractivity contribution < 1.29 is 10.3 Å². The first-order chi connectivity index (χ1) is 18.6. The molecule has 0 fully saturated rings. The van der Waals surface area contributed by atoms with Gasteiger partial charge in [0, 0.05) is 34.8 Å². The highest BCUT2D eigenvalue weighted by Crippen LogP contribution is 2.51. The van der Waals surface area contributed by atoms with Crippen LogP contribution >= 0.6 is 11.9 Å². The summed E-state index contributed by atoms with van der Waals surface area (Å²) in [5.41, 5.74) is 6.74. The molecule has 0 radical (unpaired) electrons. The monoisotopic (exact) mass is 564 g/mol. The average Bonchev–Trinajstić information content (AvgIpc) is 3.12. The van der Waals surface area contributed by atoms with E-state index in [9.17, 15) is 4.79 Å². The molecule has 1 aliphatic carbocycles. The fourth-order valence-electron chi connectivity index (χ4n) is 5.26. The van der Waals surface area contributed by atoms with Crippen molar-refractivity contribution in [1.29, 1.82) is 0 Å². The standard InChI is InChI=1S/C33H44N2OS.C2H6.H2O/c1-8-12-28-29-13-9-10-14-30(29)33(4,5)31(28)20-19-27(24(2)3)32(36)23-25-15-17-26(18-16-25)37-34-21-11-22-35(6)7;1-2;/h9-10,13-20,28,34H,2,8,11-12,21-23H2,1,3-7H3;1-2H3;1H2/b27-19-,31-20-;;. The largest absolute Gasteiger partial charge is 0.412 e. The zero-order valence-corrected chi connectivity index (χ0v) is 26.9. The Labute approximate surface area is 248 Å². The number of nitrogens with one attached hydrogen (secondary N) is 1. The summed E-state index contributed by atoms with van der Waals surface area (Å²) in [6.07, 6.45) is 7.97. The van der Waals surface area contributed by atoms with Crippen LogP contribution in [-0.4, -0.2) is 43.3 Å². The second-order valence-corrected chi connectivity index (χ2v) is 11.9. The molecule has 0 amide bonds. The van der Waals surface area contributed by atoms with E-state index >= 15 is 0 Å². The lowest BCUT2D eigenvalue weighted by Crippen LogP contribution is -2.17. The number of ketones is 1. The van der Waals surface area contributed by atoms with Crippen LogP contribution in [0.5, 0.6) is 0 Å². The lowest BCUT2D eigenvalue weighted by molar-refractivity contribution is -0.114. The summed E-state index contributed by atoms with van der Waals surface area (Å²) in [4.78, 5) is 16.7. The topological polar surface area (TPSA) is 63.8 Å². The Morgan fingerprint density at radius 3 is 2.35 bits per heavy atom. The van der Waals surface area contributed by atoms with Gasteiger partial charge in [-0.2, -0.15) is 0 Å². The second kappa shape index (κ2) is 17.4. The molecule has 0 bridgehead atoms. The molecule has 2 aromatic carbocycles. The number of rotatable bonds is 13. The van der Waals surface area contributed by atoms with Gasteiger partial charge in [0.15, 0.2) is 5.78 Å². The number of fused-ring (bicyclic) bond motifs is 1. The fraction of sp³-hybridized carbons (Fsp3) is 0.457. The molecule has 4 nitrogen and oxygen atoms in total. The maximum Gasteiger partial charge on any atom is 0.167 e. The molecule has 220 valence electrons. The molecule has 1 unspecified atom stereocenters. The molecule has 0 aliphatic heterocycles. The van der Waals surface area contributed by atoms with Crippen molar-refractivity contribution in [3.8, 4) is 0 Å². The third-order valence-corrected chi connectivity index (χ3v) is 8.09. The van der Waals surface area contributed by atoms with E-state index in [1.54, 1.807) is 11.9 Å². The number of nitrogens with zero attached hydrogens (tertiary/aromatic N) is 1. The molecular weight excluding hydrogens is 512 g/mol. The minimum atomic E-state index is -0.0514. The molecular formula is C35H52N2O2S. The van der Waals surface area contributed by atoms with Gasteiger partial charge in [0.05, 0.1) is 0 Å². The lowest BCUT2D eigenvalue weighted by Gasteiger charge is -2.24. The molecule has 3 N–H and O–H groups in total. The molecule has 2 aromatic rings. The predicted octanol–water partition coefficient (Wildman–Crippen LogP) is 7.85. The van der Waals surface area contributed by atoms with E-state index in [-0.39, 0.29) is 16.7 Å². The molecule has 3 rings (SSSR count). The minimum absolute atomic E-state index is 0. The van der Waals surface area contributed by atoms with Gasteiger partial charge in [-0.3, -0.25) is 9.52 Å². The van der Waals surface area contributed by atoms with Gasteiger partial charge in [-0.1, -0.05) is 102 Å². The Hall–Kier alpha value is -2.44. The van der Waals surface area contributed by atoms with Crippen LogP contribution in [0.4, 0.5) is 0 Å². The van der Waals surface area contributed by atoms with Crippen LogP contribution in [0.1, 0.15) is 83.4 Å². The van der Waals surface area contributed by atoms with E-state index in [0.717, 1.165) is 54.0 Å². The second-order valence-electron chi connectivity index (χ2n) is 10.9. The molecule has 0 aromatic heterocycles. The van der Waals surface area contributed by atoms with Crippen molar-refractivity contribution >= 4 is 17.7 Å². The van der Waals surface area contributed by atoms with E-state index in [2.05, 4.69) is 106 Å². The normalized spacial score (nSPS) is 16.7.